The van der Waals surface area contributed by atoms with Crippen molar-refractivity contribution in [3.8, 4) is 0 Å². The average Bonchev–Trinajstić information content (AvgIpc) is 2.35. The van der Waals surface area contributed by atoms with Crippen LogP contribution in [0.1, 0.15) is 19.3 Å². The lowest BCUT2D eigenvalue weighted by atomic mass is 9.91. The summed E-state index contributed by atoms with van der Waals surface area (Å²) in [5.41, 5.74) is 0. The Labute approximate surface area is 70.8 Å². The molecule has 0 aromatic heterocycles. The van der Waals surface area contributed by atoms with Gasteiger partial charge >= 0.3 is 5.97 Å². The molecule has 4 atom stereocenters. The Balaban J connectivity index is 2.18. The average molecular weight is 171 g/mol. The summed E-state index contributed by atoms with van der Waals surface area (Å²) in [5.74, 6) is -0.512. The molecular formula is C8H13NO3. The highest BCUT2D eigenvalue weighted by atomic mass is 16.4. The van der Waals surface area contributed by atoms with Gasteiger partial charge in [-0.3, -0.25) is 9.69 Å². The minimum atomic E-state index is -0.781. The fourth-order valence-electron chi connectivity index (χ4n) is 2.39. The lowest BCUT2D eigenvalue weighted by Crippen LogP contribution is -2.48. The largest absolute Gasteiger partial charge is 0.480 e. The number of rotatable bonds is 1. The summed E-state index contributed by atoms with van der Waals surface area (Å²) in [4.78, 5) is 12.5. The van der Waals surface area contributed by atoms with Gasteiger partial charge < -0.3 is 10.2 Å². The van der Waals surface area contributed by atoms with Crippen molar-refractivity contribution in [2.45, 2.75) is 31.5 Å². The topological polar surface area (TPSA) is 60.8 Å². The molecule has 2 saturated heterocycles. The summed E-state index contributed by atoms with van der Waals surface area (Å²) in [6.07, 6.45) is 1.99. The van der Waals surface area contributed by atoms with Crippen molar-refractivity contribution in [1.82, 2.24) is 4.90 Å². The molecule has 68 valence electrons. The van der Waals surface area contributed by atoms with Gasteiger partial charge in [0.15, 0.2) is 0 Å². The number of nitrogens with zero attached hydrogens (tertiary/aromatic N) is 1. The highest BCUT2D eigenvalue weighted by molar-refractivity contribution is 5.74. The SMILES string of the molecule is O=C(O)C1C2CCC(O)N1CC2. The molecule has 2 N–H and O–H groups in total. The summed E-state index contributed by atoms with van der Waals surface area (Å²) in [7, 11) is 0. The zero-order chi connectivity index (χ0) is 8.72. The van der Waals surface area contributed by atoms with Gasteiger partial charge in [0.25, 0.3) is 0 Å². The van der Waals surface area contributed by atoms with Crippen LogP contribution in [0.4, 0.5) is 0 Å². The fraction of sp³-hybridized carbons (Fsp3) is 0.875. The minimum absolute atomic E-state index is 0.269. The Bertz CT molecular complexity index is 206. The quantitative estimate of drug-likeness (QED) is 0.577. The first-order valence-corrected chi connectivity index (χ1v) is 4.37. The Kier molecular flexibility index (Phi) is 1.81. The number of piperidine rings is 1. The summed E-state index contributed by atoms with van der Waals surface area (Å²) in [6.45, 7) is 0.739. The molecule has 2 fully saturated rings. The standard InChI is InChI=1S/C8H13NO3/c10-6-2-1-5-3-4-9(6)7(5)8(11)12/h5-7,10H,1-4H2,(H,11,12). The van der Waals surface area contributed by atoms with Crippen LogP contribution in [0.25, 0.3) is 0 Å². The molecule has 0 aromatic carbocycles. The van der Waals surface area contributed by atoms with E-state index in [4.69, 9.17) is 5.11 Å². The lowest BCUT2D eigenvalue weighted by molar-refractivity contribution is -0.151. The molecule has 12 heavy (non-hydrogen) atoms. The maximum atomic E-state index is 10.8. The normalized spacial score (nSPS) is 46.1. The fourth-order valence-corrected chi connectivity index (χ4v) is 2.39. The number of fused-ring (bicyclic) bond motifs is 2. The first kappa shape index (κ1) is 8.01. The van der Waals surface area contributed by atoms with E-state index in [1.807, 2.05) is 0 Å². The Morgan fingerprint density at radius 2 is 2.08 bits per heavy atom. The van der Waals surface area contributed by atoms with E-state index in [0.29, 0.717) is 0 Å². The van der Waals surface area contributed by atoms with Crippen molar-refractivity contribution in [3.63, 3.8) is 0 Å². The Hall–Kier alpha value is -0.610. The monoisotopic (exact) mass is 171 g/mol. The number of carbonyl (C=O) groups is 1. The molecule has 0 amide bonds. The molecule has 0 aromatic rings. The van der Waals surface area contributed by atoms with Crippen molar-refractivity contribution in [3.05, 3.63) is 0 Å². The van der Waals surface area contributed by atoms with Crippen LogP contribution in [0, 0.1) is 5.92 Å². The molecule has 2 aliphatic heterocycles. The Morgan fingerprint density at radius 1 is 1.33 bits per heavy atom. The number of hydrogen-bond donors (Lipinski definition) is 2. The molecule has 0 aliphatic carbocycles. The maximum Gasteiger partial charge on any atom is 0.321 e. The van der Waals surface area contributed by atoms with Gasteiger partial charge in [0.2, 0.25) is 0 Å². The third-order valence-electron chi connectivity index (χ3n) is 2.99. The number of hydrogen-bond acceptors (Lipinski definition) is 3. The number of carboxylic acids is 1. The molecular weight excluding hydrogens is 158 g/mol. The number of aliphatic hydroxyl groups excluding tert-OH is 1. The van der Waals surface area contributed by atoms with Gasteiger partial charge in [0.1, 0.15) is 12.3 Å². The van der Waals surface area contributed by atoms with Gasteiger partial charge in [-0.2, -0.15) is 0 Å². The van der Waals surface area contributed by atoms with Crippen LogP contribution < -0.4 is 0 Å². The first-order valence-electron chi connectivity index (χ1n) is 4.37. The van der Waals surface area contributed by atoms with Crippen LogP contribution >= 0.6 is 0 Å². The van der Waals surface area contributed by atoms with Crippen molar-refractivity contribution >= 4 is 5.97 Å². The van der Waals surface area contributed by atoms with Gasteiger partial charge in [-0.15, -0.1) is 0 Å². The van der Waals surface area contributed by atoms with E-state index in [9.17, 15) is 9.90 Å². The number of aliphatic carboxylic acids is 1. The third kappa shape index (κ3) is 1.03. The summed E-state index contributed by atoms with van der Waals surface area (Å²) < 4.78 is 0. The van der Waals surface area contributed by atoms with E-state index in [-0.39, 0.29) is 5.92 Å². The van der Waals surface area contributed by atoms with Gasteiger partial charge in [0.05, 0.1) is 0 Å². The van der Waals surface area contributed by atoms with E-state index < -0.39 is 18.2 Å². The molecule has 0 radical (unpaired) electrons. The maximum absolute atomic E-state index is 10.8. The molecule has 0 spiro atoms. The second kappa shape index (κ2) is 2.71. The van der Waals surface area contributed by atoms with Crippen molar-refractivity contribution in [1.29, 1.82) is 0 Å². The van der Waals surface area contributed by atoms with E-state index in [1.54, 1.807) is 4.90 Å². The third-order valence-corrected chi connectivity index (χ3v) is 2.99. The zero-order valence-corrected chi connectivity index (χ0v) is 6.81. The molecule has 4 heteroatoms. The van der Waals surface area contributed by atoms with Gasteiger partial charge in [-0.05, 0) is 25.2 Å². The zero-order valence-electron chi connectivity index (χ0n) is 6.81. The van der Waals surface area contributed by atoms with E-state index >= 15 is 0 Å². The molecule has 2 bridgehead atoms. The molecule has 2 heterocycles. The number of aliphatic hydroxyl groups is 1. The summed E-state index contributed by atoms with van der Waals surface area (Å²) >= 11 is 0. The highest BCUT2D eigenvalue weighted by Gasteiger charge is 2.45. The van der Waals surface area contributed by atoms with E-state index in [0.717, 1.165) is 25.8 Å². The first-order chi connectivity index (χ1) is 5.70. The van der Waals surface area contributed by atoms with Gasteiger partial charge in [-0.25, -0.2) is 0 Å². The highest BCUT2D eigenvalue weighted by Crippen LogP contribution is 2.35. The van der Waals surface area contributed by atoms with Gasteiger partial charge in [0, 0.05) is 6.54 Å². The lowest BCUT2D eigenvalue weighted by Gasteiger charge is -2.33. The molecule has 4 nitrogen and oxygen atoms in total. The van der Waals surface area contributed by atoms with E-state index in [2.05, 4.69) is 0 Å². The van der Waals surface area contributed by atoms with Crippen LogP contribution in [0.5, 0.6) is 0 Å². The van der Waals surface area contributed by atoms with Crippen LogP contribution in [-0.2, 0) is 4.79 Å². The molecule has 2 rings (SSSR count). The number of carboxylic acid groups (broad SMARTS) is 1. The predicted octanol–water partition coefficient (Wildman–Crippen LogP) is -0.126. The minimum Gasteiger partial charge on any atom is -0.480 e. The van der Waals surface area contributed by atoms with Crippen LogP contribution in [0.15, 0.2) is 0 Å². The van der Waals surface area contributed by atoms with Gasteiger partial charge in [-0.1, -0.05) is 0 Å². The Morgan fingerprint density at radius 3 is 2.67 bits per heavy atom. The van der Waals surface area contributed by atoms with E-state index in [1.165, 1.54) is 0 Å². The van der Waals surface area contributed by atoms with Crippen LogP contribution in [-0.4, -0.2) is 39.9 Å². The summed E-state index contributed by atoms with van der Waals surface area (Å²) in [5, 5.41) is 18.4. The van der Waals surface area contributed by atoms with Crippen LogP contribution in [0.2, 0.25) is 0 Å². The second-order valence-corrected chi connectivity index (χ2v) is 3.63. The van der Waals surface area contributed by atoms with Crippen LogP contribution in [0.3, 0.4) is 0 Å². The van der Waals surface area contributed by atoms with Crippen molar-refractivity contribution in [2.24, 2.45) is 5.92 Å². The molecule has 4 unspecified atom stereocenters. The smallest absolute Gasteiger partial charge is 0.321 e. The second-order valence-electron chi connectivity index (χ2n) is 3.63. The van der Waals surface area contributed by atoms with Crippen molar-refractivity contribution < 1.29 is 15.0 Å². The predicted molar refractivity (Wildman–Crippen MR) is 41.5 cm³/mol. The molecule has 0 saturated carbocycles. The van der Waals surface area contributed by atoms with Crippen molar-refractivity contribution in [2.75, 3.05) is 6.54 Å². The summed E-state index contributed by atoms with van der Waals surface area (Å²) in [6, 6.07) is -0.422. The molecule has 2 aliphatic rings.